The second-order valence-electron chi connectivity index (χ2n) is 6.77. The van der Waals surface area contributed by atoms with E-state index in [2.05, 4.69) is 10.3 Å². The average molecular weight is 415 g/mol. The van der Waals surface area contributed by atoms with Gasteiger partial charge in [-0.2, -0.15) is 13.2 Å². The van der Waals surface area contributed by atoms with Crippen LogP contribution in [0.5, 0.6) is 0 Å². The Hall–Kier alpha value is -2.16. The van der Waals surface area contributed by atoms with Crippen molar-refractivity contribution in [1.82, 2.24) is 10.3 Å². The van der Waals surface area contributed by atoms with Gasteiger partial charge in [0.15, 0.2) is 0 Å². The van der Waals surface area contributed by atoms with Crippen molar-refractivity contribution in [1.29, 1.82) is 0 Å². The SMILES string of the molecule is O=C(Cc1ccc(Cl)cc1)N[C@H]1[C@H](O)[C@H](O)C[C@@H]1c1ccc(C(F)(F)F)nc1. The van der Waals surface area contributed by atoms with E-state index in [9.17, 15) is 28.2 Å². The van der Waals surface area contributed by atoms with Gasteiger partial charge in [-0.15, -0.1) is 0 Å². The summed E-state index contributed by atoms with van der Waals surface area (Å²) in [6.07, 6.45) is -5.69. The van der Waals surface area contributed by atoms with Gasteiger partial charge >= 0.3 is 6.18 Å². The van der Waals surface area contributed by atoms with Crippen molar-refractivity contribution >= 4 is 17.5 Å². The number of benzene rings is 1. The second-order valence-corrected chi connectivity index (χ2v) is 7.21. The summed E-state index contributed by atoms with van der Waals surface area (Å²) in [6.45, 7) is 0. The predicted molar refractivity (Wildman–Crippen MR) is 95.7 cm³/mol. The topological polar surface area (TPSA) is 82.5 Å². The number of nitrogens with one attached hydrogen (secondary N) is 1. The molecule has 1 amide bonds. The Balaban J connectivity index is 1.74. The number of pyridine rings is 1. The monoisotopic (exact) mass is 414 g/mol. The molecule has 0 unspecified atom stereocenters. The number of aliphatic hydroxyl groups excluding tert-OH is 2. The number of hydrogen-bond donors (Lipinski definition) is 3. The van der Waals surface area contributed by atoms with Crippen LogP contribution in [0.15, 0.2) is 42.6 Å². The third-order valence-electron chi connectivity index (χ3n) is 4.80. The van der Waals surface area contributed by atoms with Crippen LogP contribution in [-0.4, -0.2) is 39.4 Å². The van der Waals surface area contributed by atoms with Crippen LogP contribution in [0.3, 0.4) is 0 Å². The van der Waals surface area contributed by atoms with E-state index in [4.69, 9.17) is 11.6 Å². The van der Waals surface area contributed by atoms with Crippen molar-refractivity contribution in [3.05, 3.63) is 64.4 Å². The van der Waals surface area contributed by atoms with Gasteiger partial charge in [-0.1, -0.05) is 29.8 Å². The number of halogens is 4. The van der Waals surface area contributed by atoms with Gasteiger partial charge in [0, 0.05) is 17.1 Å². The Morgan fingerprint density at radius 2 is 1.86 bits per heavy atom. The Labute approximate surface area is 164 Å². The largest absolute Gasteiger partial charge is 0.433 e. The van der Waals surface area contributed by atoms with Gasteiger partial charge in [-0.25, -0.2) is 0 Å². The maximum Gasteiger partial charge on any atom is 0.433 e. The highest BCUT2D eigenvalue weighted by atomic mass is 35.5. The van der Waals surface area contributed by atoms with E-state index in [-0.39, 0.29) is 18.7 Å². The fourth-order valence-corrected chi connectivity index (χ4v) is 3.50. The Kier molecular flexibility index (Phi) is 5.92. The molecule has 1 aromatic carbocycles. The molecule has 0 saturated heterocycles. The zero-order valence-corrected chi connectivity index (χ0v) is 15.3. The van der Waals surface area contributed by atoms with Gasteiger partial charge in [-0.05, 0) is 35.7 Å². The first-order chi connectivity index (χ1) is 13.1. The third kappa shape index (κ3) is 4.63. The lowest BCUT2D eigenvalue weighted by molar-refractivity contribution is -0.141. The highest BCUT2D eigenvalue weighted by Crippen LogP contribution is 2.36. The molecule has 0 radical (unpaired) electrons. The lowest BCUT2D eigenvalue weighted by Gasteiger charge is -2.24. The quantitative estimate of drug-likeness (QED) is 0.718. The molecule has 0 spiro atoms. The fourth-order valence-electron chi connectivity index (χ4n) is 3.37. The summed E-state index contributed by atoms with van der Waals surface area (Å²) in [5.74, 6) is -0.945. The molecule has 2 aromatic rings. The van der Waals surface area contributed by atoms with Crippen LogP contribution in [0.4, 0.5) is 13.2 Å². The number of aliphatic hydroxyl groups is 2. The molecule has 1 aromatic heterocycles. The standard InChI is InChI=1S/C19H18ClF3N2O3/c20-12-4-1-10(2-5-12)7-16(27)25-17-13(8-14(26)18(17)28)11-3-6-15(24-9-11)19(21,22)23/h1-6,9,13-14,17-18,26,28H,7-8H2,(H,25,27)/t13-,14-,17-,18-/m1/s1. The van der Waals surface area contributed by atoms with Gasteiger partial charge in [-0.3, -0.25) is 9.78 Å². The van der Waals surface area contributed by atoms with E-state index in [1.54, 1.807) is 24.3 Å². The molecule has 1 aliphatic rings. The molecule has 0 bridgehead atoms. The van der Waals surface area contributed by atoms with E-state index in [1.165, 1.54) is 6.07 Å². The third-order valence-corrected chi connectivity index (χ3v) is 5.05. The first kappa shape index (κ1) is 20.6. The smallest absolute Gasteiger partial charge is 0.390 e. The van der Waals surface area contributed by atoms with Crippen molar-refractivity contribution in [2.45, 2.75) is 43.2 Å². The van der Waals surface area contributed by atoms with Crippen LogP contribution in [0, 0.1) is 0 Å². The Bertz CT molecular complexity index is 828. The molecule has 1 fully saturated rings. The van der Waals surface area contributed by atoms with E-state index in [0.717, 1.165) is 12.3 Å². The normalized spacial score (nSPS) is 24.9. The first-order valence-corrected chi connectivity index (χ1v) is 8.96. The molecule has 5 nitrogen and oxygen atoms in total. The minimum atomic E-state index is -4.56. The minimum absolute atomic E-state index is 0.0362. The van der Waals surface area contributed by atoms with E-state index < -0.39 is 36.0 Å². The Morgan fingerprint density at radius 1 is 1.18 bits per heavy atom. The van der Waals surface area contributed by atoms with Crippen molar-refractivity contribution < 1.29 is 28.2 Å². The average Bonchev–Trinajstić information content (AvgIpc) is 2.91. The molecule has 0 aliphatic heterocycles. The summed E-state index contributed by atoms with van der Waals surface area (Å²) in [5.41, 5.74) is 0.0849. The number of alkyl halides is 3. The zero-order chi connectivity index (χ0) is 20.5. The van der Waals surface area contributed by atoms with Crippen molar-refractivity contribution in [2.75, 3.05) is 0 Å². The number of hydrogen-bond acceptors (Lipinski definition) is 4. The summed E-state index contributed by atoms with van der Waals surface area (Å²) in [4.78, 5) is 15.8. The molecular weight excluding hydrogens is 397 g/mol. The molecule has 28 heavy (non-hydrogen) atoms. The highest BCUT2D eigenvalue weighted by molar-refractivity contribution is 6.30. The number of amides is 1. The molecule has 1 aliphatic carbocycles. The van der Waals surface area contributed by atoms with Crippen LogP contribution in [0.25, 0.3) is 0 Å². The summed E-state index contributed by atoms with van der Waals surface area (Å²) in [6, 6.07) is 7.94. The minimum Gasteiger partial charge on any atom is -0.390 e. The lowest BCUT2D eigenvalue weighted by atomic mass is 9.94. The number of nitrogens with zero attached hydrogens (tertiary/aromatic N) is 1. The summed E-state index contributed by atoms with van der Waals surface area (Å²) >= 11 is 5.81. The van der Waals surface area contributed by atoms with E-state index in [0.29, 0.717) is 16.1 Å². The first-order valence-electron chi connectivity index (χ1n) is 8.58. The maximum atomic E-state index is 12.7. The maximum absolute atomic E-state index is 12.7. The van der Waals surface area contributed by atoms with Crippen molar-refractivity contribution in [2.24, 2.45) is 0 Å². The van der Waals surface area contributed by atoms with Crippen molar-refractivity contribution in [3.63, 3.8) is 0 Å². The van der Waals surface area contributed by atoms with Gasteiger partial charge in [0.05, 0.1) is 18.6 Å². The van der Waals surface area contributed by atoms with Crippen LogP contribution in [-0.2, 0) is 17.4 Å². The van der Waals surface area contributed by atoms with E-state index >= 15 is 0 Å². The molecule has 1 heterocycles. The van der Waals surface area contributed by atoms with Crippen LogP contribution >= 0.6 is 11.6 Å². The molecule has 3 rings (SSSR count). The predicted octanol–water partition coefficient (Wildman–Crippen LogP) is 2.69. The van der Waals surface area contributed by atoms with Gasteiger partial charge in [0.1, 0.15) is 11.8 Å². The number of rotatable bonds is 4. The fraction of sp³-hybridized carbons (Fsp3) is 0.368. The molecular formula is C19H18ClF3N2O3. The number of carbonyl (C=O) groups excluding carboxylic acids is 1. The summed E-state index contributed by atoms with van der Waals surface area (Å²) in [5, 5.41) is 23.5. The molecule has 9 heteroatoms. The molecule has 150 valence electrons. The summed E-state index contributed by atoms with van der Waals surface area (Å²) in [7, 11) is 0. The van der Waals surface area contributed by atoms with E-state index in [1.807, 2.05) is 0 Å². The highest BCUT2D eigenvalue weighted by Gasteiger charge is 2.43. The Morgan fingerprint density at radius 3 is 2.43 bits per heavy atom. The number of carbonyl (C=O) groups is 1. The van der Waals surface area contributed by atoms with Gasteiger partial charge in [0.2, 0.25) is 5.91 Å². The molecule has 3 N–H and O–H groups in total. The van der Waals surface area contributed by atoms with Crippen LogP contribution < -0.4 is 5.32 Å². The molecule has 1 saturated carbocycles. The molecule has 4 atom stereocenters. The zero-order valence-electron chi connectivity index (χ0n) is 14.5. The summed E-state index contributed by atoms with van der Waals surface area (Å²) < 4.78 is 38.1. The van der Waals surface area contributed by atoms with Crippen molar-refractivity contribution in [3.8, 4) is 0 Å². The lowest BCUT2D eigenvalue weighted by Crippen LogP contribution is -2.45. The van der Waals surface area contributed by atoms with Crippen LogP contribution in [0.2, 0.25) is 5.02 Å². The van der Waals surface area contributed by atoms with Gasteiger partial charge in [0.25, 0.3) is 0 Å². The number of aromatic nitrogens is 1. The van der Waals surface area contributed by atoms with Crippen LogP contribution in [0.1, 0.15) is 29.2 Å². The second kappa shape index (κ2) is 8.06. The van der Waals surface area contributed by atoms with Gasteiger partial charge < -0.3 is 15.5 Å².